The first-order valence-corrected chi connectivity index (χ1v) is 18.4. The number of halogens is 1. The molecular weight excluding hydrogens is 604 g/mol. The zero-order chi connectivity index (χ0) is 33.7. The fraction of sp³-hybridized carbons (Fsp3) is 0.634. The van der Waals surface area contributed by atoms with E-state index in [9.17, 15) is 9.59 Å². The lowest BCUT2D eigenvalue weighted by molar-refractivity contribution is -0.184. The monoisotopic (exact) mass is 656 g/mol. The molecule has 1 amide bonds. The van der Waals surface area contributed by atoms with Crippen LogP contribution in [0.3, 0.4) is 0 Å². The zero-order valence-corrected chi connectivity index (χ0v) is 30.2. The van der Waals surface area contributed by atoms with Crippen LogP contribution in [0.25, 0.3) is 0 Å². The van der Waals surface area contributed by atoms with Gasteiger partial charge in [0.15, 0.2) is 0 Å². The Bertz CT molecular complexity index is 1650. The highest BCUT2D eigenvalue weighted by Gasteiger charge is 2.69. The highest BCUT2D eigenvalue weighted by molar-refractivity contribution is 6.32. The first-order valence-electron chi connectivity index (χ1n) is 18.0. The summed E-state index contributed by atoms with van der Waals surface area (Å²) in [4.78, 5) is 31.5. The van der Waals surface area contributed by atoms with E-state index < -0.39 is 11.3 Å². The van der Waals surface area contributed by atoms with Crippen LogP contribution in [0.5, 0.6) is 0 Å². The predicted molar refractivity (Wildman–Crippen MR) is 187 cm³/mol. The highest BCUT2D eigenvalue weighted by atomic mass is 35.5. The Labute approximate surface area is 286 Å². The fourth-order valence-corrected chi connectivity index (χ4v) is 12.7. The van der Waals surface area contributed by atoms with E-state index in [2.05, 4.69) is 54.5 Å². The summed E-state index contributed by atoms with van der Waals surface area (Å²) in [6, 6.07) is 12.0. The van der Waals surface area contributed by atoms with Gasteiger partial charge in [0.2, 0.25) is 0 Å². The molecule has 3 saturated carbocycles. The quantitative estimate of drug-likeness (QED) is 0.202. The van der Waals surface area contributed by atoms with Crippen LogP contribution in [0, 0.1) is 51.2 Å². The Balaban J connectivity index is 1.28. The molecule has 6 heteroatoms. The molecule has 252 valence electrons. The third-order valence-corrected chi connectivity index (χ3v) is 15.5. The molecule has 5 aliphatic carbocycles. The Morgan fingerprint density at radius 3 is 2.40 bits per heavy atom. The Hall–Kier alpha value is -2.66. The van der Waals surface area contributed by atoms with E-state index in [1.165, 1.54) is 0 Å². The van der Waals surface area contributed by atoms with Gasteiger partial charge in [0, 0.05) is 5.41 Å². The highest BCUT2D eigenvalue weighted by Crippen LogP contribution is 2.75. The number of fused-ring (bicyclic) bond motifs is 8. The lowest BCUT2D eigenvalue weighted by Crippen LogP contribution is -2.65. The number of hydrogen-bond donors (Lipinski definition) is 1. The molecule has 5 nitrogen and oxygen atoms in total. The molecule has 5 aliphatic rings. The maximum absolute atomic E-state index is 14.4. The molecule has 2 N–H and O–H groups in total. The summed E-state index contributed by atoms with van der Waals surface area (Å²) in [5.41, 5.74) is 10.2. The van der Waals surface area contributed by atoms with Gasteiger partial charge in [-0.1, -0.05) is 102 Å². The van der Waals surface area contributed by atoms with E-state index in [4.69, 9.17) is 27.1 Å². The smallest absolute Gasteiger partial charge is 0.313 e. The van der Waals surface area contributed by atoms with Gasteiger partial charge in [0.25, 0.3) is 5.91 Å². The zero-order valence-electron chi connectivity index (χ0n) is 29.4. The topological polar surface area (TPSA) is 82.3 Å². The average molecular weight is 657 g/mol. The number of benzene rings is 1. The molecule has 7 rings (SSSR count). The fourth-order valence-electron chi connectivity index (χ4n) is 12.5. The van der Waals surface area contributed by atoms with Crippen LogP contribution in [0.15, 0.2) is 48.0 Å². The van der Waals surface area contributed by atoms with Crippen molar-refractivity contribution >= 4 is 23.5 Å². The SMILES string of the molecule is C[C@@H]1[C@H]2C3=CC[C@H]4[C@]5(C)Cc6cc(C(N)=O)c(Cl)nc6C(C)(C)[C@H]5CC[C@]4(C)[C@]3(C)CC[C@@]2(C(=O)OCc2ccccc2)CC[C@@H]1C. The van der Waals surface area contributed by atoms with Crippen LogP contribution in [0.1, 0.15) is 121 Å². The number of carbonyl (C=O) groups is 2. The molecule has 47 heavy (non-hydrogen) atoms. The summed E-state index contributed by atoms with van der Waals surface area (Å²) in [6.45, 7) is 17.4. The van der Waals surface area contributed by atoms with Gasteiger partial charge in [-0.3, -0.25) is 9.59 Å². The number of carbonyl (C=O) groups excluding carboxylic acids is 2. The van der Waals surface area contributed by atoms with Gasteiger partial charge in [0.1, 0.15) is 11.8 Å². The number of aromatic nitrogens is 1. The van der Waals surface area contributed by atoms with Crippen LogP contribution in [0.2, 0.25) is 5.15 Å². The van der Waals surface area contributed by atoms with Crippen molar-refractivity contribution in [2.45, 2.75) is 112 Å². The minimum Gasteiger partial charge on any atom is -0.460 e. The number of pyridine rings is 1. The summed E-state index contributed by atoms with van der Waals surface area (Å²) >= 11 is 6.53. The van der Waals surface area contributed by atoms with Crippen molar-refractivity contribution in [1.82, 2.24) is 4.98 Å². The van der Waals surface area contributed by atoms with Gasteiger partial charge in [-0.2, -0.15) is 0 Å². The molecule has 1 heterocycles. The number of ether oxygens (including phenoxy) is 1. The molecule has 1 aromatic heterocycles. The number of primary amides is 1. The van der Waals surface area contributed by atoms with E-state index in [1.807, 2.05) is 36.4 Å². The van der Waals surface area contributed by atoms with Crippen molar-refractivity contribution in [2.24, 2.45) is 57.0 Å². The number of allylic oxidation sites excluding steroid dienone is 2. The number of hydrogen-bond acceptors (Lipinski definition) is 4. The van der Waals surface area contributed by atoms with Gasteiger partial charge in [-0.25, -0.2) is 4.98 Å². The van der Waals surface area contributed by atoms with E-state index in [0.29, 0.717) is 35.8 Å². The molecule has 9 atom stereocenters. The minimum absolute atomic E-state index is 0.00753. The van der Waals surface area contributed by atoms with Crippen molar-refractivity contribution in [3.63, 3.8) is 0 Å². The van der Waals surface area contributed by atoms with E-state index in [0.717, 1.165) is 68.2 Å². The molecule has 0 saturated heterocycles. The van der Waals surface area contributed by atoms with E-state index in [-0.39, 0.29) is 38.7 Å². The van der Waals surface area contributed by atoms with Crippen molar-refractivity contribution in [3.8, 4) is 0 Å². The van der Waals surface area contributed by atoms with E-state index in [1.54, 1.807) is 5.57 Å². The molecule has 0 aliphatic heterocycles. The standard InChI is InChI=1S/C41H53ClN2O3/c1-24-15-18-41(36(46)47-23-26-11-9-8-10-12-26)20-19-39(6)29(32(41)25(24)2)13-14-31-38(5)22-27-21-28(35(43)45)34(42)44-33(27)37(3,4)30(38)16-17-40(31,39)7/h8-13,21,24-25,30-32H,14-20,22-23H2,1-7H3,(H2,43,45)/t24-,25-,30+,31-,32-,38+,39+,40-,41-/m0/s1. The normalized spacial score (nSPS) is 40.0. The third kappa shape index (κ3) is 4.50. The van der Waals surface area contributed by atoms with Crippen LogP contribution in [0.4, 0.5) is 0 Å². The summed E-state index contributed by atoms with van der Waals surface area (Å²) in [7, 11) is 0. The second kappa shape index (κ2) is 10.9. The lowest BCUT2D eigenvalue weighted by Gasteiger charge is -2.71. The number of rotatable bonds is 4. The Morgan fingerprint density at radius 1 is 0.979 bits per heavy atom. The second-order valence-corrected chi connectivity index (χ2v) is 17.8. The van der Waals surface area contributed by atoms with Crippen LogP contribution in [-0.4, -0.2) is 16.9 Å². The Kier molecular flexibility index (Phi) is 7.64. The summed E-state index contributed by atoms with van der Waals surface area (Å²) in [5.74, 6) is 1.55. The molecule has 0 radical (unpaired) electrons. The van der Waals surface area contributed by atoms with Crippen molar-refractivity contribution in [1.29, 1.82) is 0 Å². The van der Waals surface area contributed by atoms with Gasteiger partial charge >= 0.3 is 5.97 Å². The molecule has 0 bridgehead atoms. The minimum atomic E-state index is -0.523. The molecular formula is C41H53ClN2O3. The third-order valence-electron chi connectivity index (χ3n) is 15.2. The average Bonchev–Trinajstić information content (AvgIpc) is 3.02. The van der Waals surface area contributed by atoms with Crippen LogP contribution in [-0.2, 0) is 28.0 Å². The first-order chi connectivity index (χ1) is 22.1. The van der Waals surface area contributed by atoms with E-state index >= 15 is 0 Å². The summed E-state index contributed by atoms with van der Waals surface area (Å²) < 4.78 is 6.22. The Morgan fingerprint density at radius 2 is 1.70 bits per heavy atom. The first kappa shape index (κ1) is 32.9. The second-order valence-electron chi connectivity index (χ2n) is 17.5. The number of esters is 1. The van der Waals surface area contributed by atoms with Gasteiger partial charge in [0.05, 0.1) is 16.7 Å². The number of nitrogens with zero attached hydrogens (tertiary/aromatic N) is 1. The van der Waals surface area contributed by atoms with Gasteiger partial charge < -0.3 is 10.5 Å². The van der Waals surface area contributed by atoms with Crippen molar-refractivity contribution in [2.75, 3.05) is 0 Å². The van der Waals surface area contributed by atoms with Crippen LogP contribution < -0.4 is 5.73 Å². The number of nitrogens with two attached hydrogens (primary N) is 1. The lowest BCUT2D eigenvalue weighted by atomic mass is 9.33. The molecule has 0 unspecified atom stereocenters. The van der Waals surface area contributed by atoms with Crippen molar-refractivity contribution in [3.05, 3.63) is 75.6 Å². The maximum atomic E-state index is 14.4. The molecule has 0 spiro atoms. The molecule has 1 aromatic carbocycles. The van der Waals surface area contributed by atoms with Crippen molar-refractivity contribution < 1.29 is 14.3 Å². The summed E-state index contributed by atoms with van der Waals surface area (Å²) in [5, 5.41) is 0.218. The predicted octanol–water partition coefficient (Wildman–Crippen LogP) is 9.25. The maximum Gasteiger partial charge on any atom is 0.313 e. The number of amides is 1. The van der Waals surface area contributed by atoms with Gasteiger partial charge in [-0.05, 0) is 114 Å². The summed E-state index contributed by atoms with van der Waals surface area (Å²) in [6.07, 6.45) is 10.6. The molecule has 3 fully saturated rings. The van der Waals surface area contributed by atoms with Crippen LogP contribution >= 0.6 is 11.6 Å². The largest absolute Gasteiger partial charge is 0.460 e. The van der Waals surface area contributed by atoms with Gasteiger partial charge in [-0.15, -0.1) is 0 Å². The molecule has 2 aromatic rings.